The van der Waals surface area contributed by atoms with Gasteiger partial charge in [-0.2, -0.15) is 5.10 Å². The van der Waals surface area contributed by atoms with Gasteiger partial charge in [0.25, 0.3) is 0 Å². The van der Waals surface area contributed by atoms with Crippen molar-refractivity contribution in [1.29, 1.82) is 0 Å². The summed E-state index contributed by atoms with van der Waals surface area (Å²) in [6.45, 7) is 6.23. The summed E-state index contributed by atoms with van der Waals surface area (Å²) in [6.07, 6.45) is 18.5. The third-order valence-electron chi connectivity index (χ3n) is 10.7. The molecule has 0 aromatic carbocycles. The molecule has 6 rings (SSSR count). The van der Waals surface area contributed by atoms with E-state index in [1.54, 1.807) is 0 Å². The number of aromatic nitrogens is 2. The van der Waals surface area contributed by atoms with Crippen molar-refractivity contribution in [3.05, 3.63) is 35.2 Å². The van der Waals surface area contributed by atoms with Crippen molar-refractivity contribution in [3.63, 3.8) is 0 Å². The minimum absolute atomic E-state index is 0.0320. The van der Waals surface area contributed by atoms with Crippen LogP contribution in [0.2, 0.25) is 0 Å². The summed E-state index contributed by atoms with van der Waals surface area (Å²) in [5, 5.41) is 4.64. The van der Waals surface area contributed by atoms with Gasteiger partial charge in [0.2, 0.25) is 0 Å². The van der Waals surface area contributed by atoms with Crippen LogP contribution < -0.4 is 0 Å². The maximum Gasteiger partial charge on any atom is 0.302 e. The van der Waals surface area contributed by atoms with Crippen LogP contribution in [0.5, 0.6) is 0 Å². The molecular weight excluding hydrogens is 436 g/mol. The van der Waals surface area contributed by atoms with Gasteiger partial charge in [0.15, 0.2) is 5.78 Å². The number of hydrogen-bond acceptors (Lipinski definition) is 4. The SMILES string of the molecule is CC(=O)O[C@H]1CC[C@@]2(C)C(=CC[C@H]3[C@H]2CC[C@]2(C)C(=O)/C(=C/c4ccnn4C4CCCC4)C[C@H]32)C1. The summed E-state index contributed by atoms with van der Waals surface area (Å²) in [6, 6.07) is 2.57. The Hall–Kier alpha value is -2.17. The molecule has 0 N–H and O–H groups in total. The summed E-state index contributed by atoms with van der Waals surface area (Å²) < 4.78 is 7.77. The van der Waals surface area contributed by atoms with E-state index in [2.05, 4.69) is 41.8 Å². The van der Waals surface area contributed by atoms with E-state index in [-0.39, 0.29) is 22.9 Å². The Morgan fingerprint density at radius 1 is 1.09 bits per heavy atom. The zero-order valence-corrected chi connectivity index (χ0v) is 21.6. The quantitative estimate of drug-likeness (QED) is 0.285. The van der Waals surface area contributed by atoms with Gasteiger partial charge in [-0.05, 0) is 92.3 Å². The summed E-state index contributed by atoms with van der Waals surface area (Å²) in [7, 11) is 0. The Kier molecular flexibility index (Phi) is 5.61. The van der Waals surface area contributed by atoms with Crippen molar-refractivity contribution in [3.8, 4) is 0 Å². The lowest BCUT2D eigenvalue weighted by atomic mass is 9.48. The first-order chi connectivity index (χ1) is 16.8. The van der Waals surface area contributed by atoms with Crippen LogP contribution in [-0.4, -0.2) is 27.6 Å². The Morgan fingerprint density at radius 2 is 1.86 bits per heavy atom. The fourth-order valence-electron chi connectivity index (χ4n) is 8.83. The highest BCUT2D eigenvalue weighted by Gasteiger charge is 2.60. The van der Waals surface area contributed by atoms with Crippen LogP contribution >= 0.6 is 0 Å². The van der Waals surface area contributed by atoms with Crippen LogP contribution in [-0.2, 0) is 14.3 Å². The first kappa shape index (κ1) is 23.2. The standard InChI is InChI=1S/C30H40N2O3/c1-19(33)35-24-10-13-29(2)21(18-24)8-9-25-26(29)11-14-30(3)27(25)17-20(28(30)34)16-23-12-15-31-32(23)22-6-4-5-7-22/h8,12,15-16,22,24-27H,4-7,9-11,13-14,17-18H2,1-3H3/b20-16+/t24-,25-,26+,27+,29-,30-/m0/s1. The Labute approximate surface area is 209 Å². The number of hydrogen-bond donors (Lipinski definition) is 0. The maximum absolute atomic E-state index is 13.8. The van der Waals surface area contributed by atoms with E-state index in [9.17, 15) is 9.59 Å². The lowest BCUT2D eigenvalue weighted by Gasteiger charge is -2.56. The lowest BCUT2D eigenvalue weighted by Crippen LogP contribution is -2.50. The number of ketones is 1. The highest BCUT2D eigenvalue weighted by atomic mass is 16.5. The Morgan fingerprint density at radius 3 is 2.63 bits per heavy atom. The Balaban J connectivity index is 1.27. The van der Waals surface area contributed by atoms with Gasteiger partial charge < -0.3 is 4.74 Å². The minimum atomic E-state index is -0.234. The van der Waals surface area contributed by atoms with E-state index in [4.69, 9.17) is 4.74 Å². The highest BCUT2D eigenvalue weighted by Crippen LogP contribution is 2.64. The van der Waals surface area contributed by atoms with Crippen molar-refractivity contribution < 1.29 is 14.3 Å². The number of rotatable bonds is 3. The van der Waals surface area contributed by atoms with Gasteiger partial charge in [-0.25, -0.2) is 0 Å². The minimum Gasteiger partial charge on any atom is -0.462 e. The summed E-state index contributed by atoms with van der Waals surface area (Å²) in [4.78, 5) is 25.4. The molecule has 0 amide bonds. The van der Waals surface area contributed by atoms with E-state index in [1.165, 1.54) is 38.2 Å². The molecule has 1 aromatic rings. The summed E-state index contributed by atoms with van der Waals surface area (Å²) >= 11 is 0. The largest absolute Gasteiger partial charge is 0.462 e. The van der Waals surface area contributed by atoms with Gasteiger partial charge in [-0.3, -0.25) is 14.3 Å². The topological polar surface area (TPSA) is 61.2 Å². The maximum atomic E-state index is 13.8. The molecule has 6 atom stereocenters. The summed E-state index contributed by atoms with van der Waals surface area (Å²) in [5.74, 6) is 1.82. The number of fused-ring (bicyclic) bond motifs is 5. The molecule has 5 aliphatic carbocycles. The second kappa shape index (κ2) is 8.45. The molecule has 4 fully saturated rings. The summed E-state index contributed by atoms with van der Waals surface area (Å²) in [5.41, 5.74) is 3.58. The number of carbonyl (C=O) groups excluding carboxylic acids is 2. The van der Waals surface area contributed by atoms with E-state index in [1.807, 2.05) is 6.20 Å². The molecule has 5 nitrogen and oxygen atoms in total. The third-order valence-corrected chi connectivity index (χ3v) is 10.7. The second-order valence-corrected chi connectivity index (χ2v) is 12.5. The normalized spacial score (nSPS) is 40.3. The molecule has 0 saturated heterocycles. The average molecular weight is 477 g/mol. The molecule has 35 heavy (non-hydrogen) atoms. The zero-order chi connectivity index (χ0) is 24.4. The molecule has 188 valence electrons. The third kappa shape index (κ3) is 3.67. The van der Waals surface area contributed by atoms with E-state index in [0.29, 0.717) is 29.6 Å². The van der Waals surface area contributed by atoms with Crippen molar-refractivity contribution in [2.45, 2.75) is 104 Å². The van der Waals surface area contributed by atoms with Crippen LogP contribution in [0.25, 0.3) is 6.08 Å². The monoisotopic (exact) mass is 476 g/mol. The van der Waals surface area contributed by atoms with Gasteiger partial charge in [-0.1, -0.05) is 38.3 Å². The Bertz CT molecular complexity index is 1090. The smallest absolute Gasteiger partial charge is 0.302 e. The van der Waals surface area contributed by atoms with E-state index < -0.39 is 0 Å². The van der Waals surface area contributed by atoms with Gasteiger partial charge in [0, 0.05) is 25.0 Å². The number of ether oxygens (including phenoxy) is 1. The molecule has 4 saturated carbocycles. The number of Topliss-reactive ketones (excluding diaryl/α,β-unsaturated/α-hetero) is 1. The van der Waals surface area contributed by atoms with Gasteiger partial charge in [-0.15, -0.1) is 0 Å². The molecule has 0 spiro atoms. The number of esters is 1. The average Bonchev–Trinajstić information content (AvgIpc) is 3.55. The fourth-order valence-corrected chi connectivity index (χ4v) is 8.83. The molecule has 0 bridgehead atoms. The molecule has 1 heterocycles. The van der Waals surface area contributed by atoms with Crippen molar-refractivity contribution in [2.24, 2.45) is 28.6 Å². The molecule has 5 heteroatoms. The van der Waals surface area contributed by atoms with Gasteiger partial charge in [0.1, 0.15) is 6.10 Å². The molecule has 0 unspecified atom stereocenters. The second-order valence-electron chi connectivity index (χ2n) is 12.5. The first-order valence-corrected chi connectivity index (χ1v) is 14.0. The lowest BCUT2D eigenvalue weighted by molar-refractivity contribution is -0.148. The highest BCUT2D eigenvalue weighted by molar-refractivity contribution is 6.05. The molecule has 1 aromatic heterocycles. The number of nitrogens with zero attached hydrogens (tertiary/aromatic N) is 2. The van der Waals surface area contributed by atoms with Crippen molar-refractivity contribution in [1.82, 2.24) is 9.78 Å². The first-order valence-electron chi connectivity index (χ1n) is 14.0. The molecule has 0 aliphatic heterocycles. The van der Waals surface area contributed by atoms with Crippen LogP contribution in [0.3, 0.4) is 0 Å². The van der Waals surface area contributed by atoms with E-state index in [0.717, 1.165) is 56.2 Å². The van der Waals surface area contributed by atoms with Gasteiger partial charge in [0.05, 0.1) is 11.7 Å². The van der Waals surface area contributed by atoms with Crippen LogP contribution in [0.1, 0.15) is 103 Å². The fraction of sp³-hybridized carbons (Fsp3) is 0.700. The number of allylic oxidation sites excluding steroid dienone is 2. The van der Waals surface area contributed by atoms with Crippen molar-refractivity contribution in [2.75, 3.05) is 0 Å². The zero-order valence-electron chi connectivity index (χ0n) is 21.6. The predicted octanol–water partition coefficient (Wildman–Crippen LogP) is 6.46. The molecule has 5 aliphatic rings. The van der Waals surface area contributed by atoms with Crippen LogP contribution in [0, 0.1) is 28.6 Å². The van der Waals surface area contributed by atoms with Gasteiger partial charge >= 0.3 is 5.97 Å². The van der Waals surface area contributed by atoms with E-state index >= 15 is 0 Å². The predicted molar refractivity (Wildman–Crippen MR) is 135 cm³/mol. The van der Waals surface area contributed by atoms with Crippen molar-refractivity contribution >= 4 is 17.8 Å². The van der Waals surface area contributed by atoms with Crippen LogP contribution in [0.15, 0.2) is 29.5 Å². The molecular formula is C30H40N2O3. The molecule has 0 radical (unpaired) electrons. The number of carbonyl (C=O) groups is 2. The van der Waals surface area contributed by atoms with Crippen LogP contribution in [0.4, 0.5) is 0 Å².